The van der Waals surface area contributed by atoms with Crippen molar-refractivity contribution in [2.75, 3.05) is 6.54 Å². The molecule has 1 N–H and O–H groups in total. The molecule has 0 radical (unpaired) electrons. The summed E-state index contributed by atoms with van der Waals surface area (Å²) in [5.41, 5.74) is 6.69. The van der Waals surface area contributed by atoms with Crippen LogP contribution >= 0.6 is 0 Å². The van der Waals surface area contributed by atoms with E-state index in [0.717, 1.165) is 54.9 Å². The number of aryl methyl sites for hydroxylation is 2. The van der Waals surface area contributed by atoms with E-state index in [4.69, 9.17) is 5.10 Å². The van der Waals surface area contributed by atoms with Crippen molar-refractivity contribution >= 4 is 5.91 Å². The molecule has 5 nitrogen and oxygen atoms in total. The highest BCUT2D eigenvalue weighted by Crippen LogP contribution is 2.35. The molecule has 0 bridgehead atoms. The van der Waals surface area contributed by atoms with Gasteiger partial charge in [0.25, 0.3) is 5.91 Å². The van der Waals surface area contributed by atoms with Crippen LogP contribution < -0.4 is 5.32 Å². The molecule has 1 aliphatic carbocycles. The van der Waals surface area contributed by atoms with Gasteiger partial charge in [-0.15, -0.1) is 0 Å². The van der Waals surface area contributed by atoms with E-state index in [1.54, 1.807) is 0 Å². The molecule has 2 aromatic rings. The van der Waals surface area contributed by atoms with E-state index in [9.17, 15) is 4.79 Å². The molecule has 0 saturated carbocycles. The van der Waals surface area contributed by atoms with Gasteiger partial charge in [-0.2, -0.15) is 5.10 Å². The quantitative estimate of drug-likeness (QED) is 0.924. The summed E-state index contributed by atoms with van der Waals surface area (Å²) in [6.07, 6.45) is 5.89. The SMILES string of the molecule is CC(C)(C)CCc1cc2c(cn1)CCc1c-2nn2c1C(=O)NCC2. The van der Waals surface area contributed by atoms with Gasteiger partial charge in [-0.05, 0) is 42.7 Å². The van der Waals surface area contributed by atoms with Gasteiger partial charge in [-0.25, -0.2) is 0 Å². The molecule has 0 saturated heterocycles. The minimum Gasteiger partial charge on any atom is -0.349 e. The smallest absolute Gasteiger partial charge is 0.269 e. The third-order valence-corrected chi connectivity index (χ3v) is 4.95. The first-order chi connectivity index (χ1) is 11.4. The number of nitrogens with one attached hydrogen (secondary N) is 1. The highest BCUT2D eigenvalue weighted by molar-refractivity contribution is 5.96. The summed E-state index contributed by atoms with van der Waals surface area (Å²) in [6, 6.07) is 2.19. The Kier molecular flexibility index (Phi) is 3.48. The molecule has 0 atom stereocenters. The van der Waals surface area contributed by atoms with Crippen molar-refractivity contribution in [3.05, 3.63) is 34.8 Å². The Morgan fingerprint density at radius 1 is 1.29 bits per heavy atom. The molecule has 0 aromatic carbocycles. The van der Waals surface area contributed by atoms with Crippen molar-refractivity contribution in [1.82, 2.24) is 20.1 Å². The summed E-state index contributed by atoms with van der Waals surface area (Å²) in [6.45, 7) is 8.18. The number of aromatic nitrogens is 3. The first-order valence-corrected chi connectivity index (χ1v) is 8.78. The van der Waals surface area contributed by atoms with Crippen LogP contribution in [0.3, 0.4) is 0 Å². The van der Waals surface area contributed by atoms with Gasteiger partial charge in [0, 0.05) is 29.6 Å². The Bertz CT molecular complexity index is 814. The fraction of sp³-hybridized carbons (Fsp3) is 0.526. The number of nitrogens with zero attached hydrogens (tertiary/aromatic N) is 3. The van der Waals surface area contributed by atoms with Gasteiger partial charge in [0.15, 0.2) is 0 Å². The summed E-state index contributed by atoms with van der Waals surface area (Å²) < 4.78 is 1.88. The first kappa shape index (κ1) is 15.4. The van der Waals surface area contributed by atoms with E-state index in [1.165, 1.54) is 11.1 Å². The lowest BCUT2D eigenvalue weighted by atomic mass is 9.87. The van der Waals surface area contributed by atoms with Crippen molar-refractivity contribution in [2.45, 2.75) is 53.0 Å². The average molecular weight is 324 g/mol. The molecule has 5 heteroatoms. The van der Waals surface area contributed by atoms with E-state index in [0.29, 0.717) is 12.0 Å². The van der Waals surface area contributed by atoms with E-state index in [1.807, 2.05) is 10.9 Å². The average Bonchev–Trinajstić information content (AvgIpc) is 2.92. The van der Waals surface area contributed by atoms with Crippen LogP contribution in [-0.4, -0.2) is 27.2 Å². The number of rotatable bonds is 2. The van der Waals surface area contributed by atoms with Crippen LogP contribution in [0.1, 0.15) is 54.5 Å². The van der Waals surface area contributed by atoms with Gasteiger partial charge in [-0.1, -0.05) is 20.8 Å². The standard InChI is InChI=1S/C19H24N4O/c1-19(2,3)7-6-13-10-15-12(11-21-13)4-5-14-16(15)22-23-9-8-20-18(24)17(14)23/h10-11H,4-9H2,1-3H3,(H,20,24). The predicted molar refractivity (Wildman–Crippen MR) is 93.0 cm³/mol. The first-order valence-electron chi connectivity index (χ1n) is 8.78. The van der Waals surface area contributed by atoms with Crippen LogP contribution in [0.2, 0.25) is 0 Å². The Labute approximate surface area is 142 Å². The number of hydrogen-bond acceptors (Lipinski definition) is 3. The number of pyridine rings is 1. The summed E-state index contributed by atoms with van der Waals surface area (Å²) in [5, 5.41) is 7.70. The van der Waals surface area contributed by atoms with Gasteiger partial charge in [0.2, 0.25) is 0 Å². The highest BCUT2D eigenvalue weighted by atomic mass is 16.2. The largest absolute Gasteiger partial charge is 0.349 e. The Morgan fingerprint density at radius 3 is 2.92 bits per heavy atom. The summed E-state index contributed by atoms with van der Waals surface area (Å²) in [5.74, 6) is 0.0143. The molecule has 1 amide bonds. The number of fused-ring (bicyclic) bond motifs is 5. The lowest BCUT2D eigenvalue weighted by Crippen LogP contribution is -2.36. The molecular formula is C19H24N4O. The maximum Gasteiger partial charge on any atom is 0.269 e. The lowest BCUT2D eigenvalue weighted by molar-refractivity contribution is 0.0923. The Hall–Kier alpha value is -2.17. The Morgan fingerprint density at radius 2 is 2.12 bits per heavy atom. The van der Waals surface area contributed by atoms with Crippen molar-refractivity contribution in [1.29, 1.82) is 0 Å². The molecular weight excluding hydrogens is 300 g/mol. The molecule has 0 fully saturated rings. The molecule has 2 aliphatic rings. The molecule has 1 aliphatic heterocycles. The summed E-state index contributed by atoms with van der Waals surface area (Å²) in [7, 11) is 0. The van der Waals surface area contributed by atoms with Crippen LogP contribution in [0.25, 0.3) is 11.3 Å². The summed E-state index contributed by atoms with van der Waals surface area (Å²) in [4.78, 5) is 16.9. The normalized spacial score (nSPS) is 16.2. The molecule has 126 valence electrons. The molecule has 24 heavy (non-hydrogen) atoms. The fourth-order valence-electron chi connectivity index (χ4n) is 3.57. The molecule has 2 aromatic heterocycles. The van der Waals surface area contributed by atoms with Crippen molar-refractivity contribution in [2.24, 2.45) is 5.41 Å². The monoisotopic (exact) mass is 324 g/mol. The minimum atomic E-state index is 0.0143. The molecule has 0 spiro atoms. The molecule has 3 heterocycles. The third-order valence-electron chi connectivity index (χ3n) is 4.95. The van der Waals surface area contributed by atoms with E-state index >= 15 is 0 Å². The predicted octanol–water partition coefficient (Wildman–Crippen LogP) is 2.77. The number of carbonyl (C=O) groups excluding carboxylic acids is 1. The van der Waals surface area contributed by atoms with Gasteiger partial charge in [-0.3, -0.25) is 14.5 Å². The van der Waals surface area contributed by atoms with Gasteiger partial charge < -0.3 is 5.32 Å². The van der Waals surface area contributed by atoms with Gasteiger partial charge in [0.1, 0.15) is 5.69 Å². The van der Waals surface area contributed by atoms with Crippen LogP contribution in [0, 0.1) is 5.41 Å². The minimum absolute atomic E-state index is 0.0143. The van der Waals surface area contributed by atoms with Crippen LogP contribution in [-0.2, 0) is 25.8 Å². The second-order valence-corrected chi connectivity index (χ2v) is 8.05. The fourth-order valence-corrected chi connectivity index (χ4v) is 3.57. The number of carbonyl (C=O) groups is 1. The van der Waals surface area contributed by atoms with E-state index in [2.05, 4.69) is 37.1 Å². The van der Waals surface area contributed by atoms with E-state index in [-0.39, 0.29) is 5.91 Å². The molecule has 0 unspecified atom stereocenters. The van der Waals surface area contributed by atoms with E-state index < -0.39 is 0 Å². The Balaban J connectivity index is 1.73. The van der Waals surface area contributed by atoms with Crippen molar-refractivity contribution in [3.8, 4) is 11.3 Å². The van der Waals surface area contributed by atoms with Crippen LogP contribution in [0.4, 0.5) is 0 Å². The maximum absolute atomic E-state index is 12.2. The molecule has 4 rings (SSSR count). The zero-order valence-electron chi connectivity index (χ0n) is 14.6. The van der Waals surface area contributed by atoms with Crippen molar-refractivity contribution in [3.63, 3.8) is 0 Å². The summed E-state index contributed by atoms with van der Waals surface area (Å²) >= 11 is 0. The van der Waals surface area contributed by atoms with Crippen LogP contribution in [0.15, 0.2) is 12.3 Å². The highest BCUT2D eigenvalue weighted by Gasteiger charge is 2.30. The number of amides is 1. The number of hydrogen-bond donors (Lipinski definition) is 1. The van der Waals surface area contributed by atoms with Gasteiger partial charge in [0.05, 0.1) is 12.2 Å². The third kappa shape index (κ3) is 2.62. The second kappa shape index (κ2) is 5.43. The zero-order valence-corrected chi connectivity index (χ0v) is 14.6. The van der Waals surface area contributed by atoms with Crippen LogP contribution in [0.5, 0.6) is 0 Å². The van der Waals surface area contributed by atoms with Crippen molar-refractivity contribution < 1.29 is 4.79 Å². The zero-order chi connectivity index (χ0) is 16.9. The van der Waals surface area contributed by atoms with Gasteiger partial charge >= 0.3 is 0 Å². The topological polar surface area (TPSA) is 59.8 Å². The maximum atomic E-state index is 12.2. The lowest BCUT2D eigenvalue weighted by Gasteiger charge is -2.19. The second-order valence-electron chi connectivity index (χ2n) is 8.05.